The molecule has 0 bridgehead atoms. The van der Waals surface area contributed by atoms with E-state index in [2.05, 4.69) is 0 Å². The summed E-state index contributed by atoms with van der Waals surface area (Å²) in [6.45, 7) is -1.77. The lowest BCUT2D eigenvalue weighted by Crippen LogP contribution is -2.16. The Morgan fingerprint density at radius 3 is 2.00 bits per heavy atom. The van der Waals surface area contributed by atoms with Gasteiger partial charge in [-0.3, -0.25) is 0 Å². The van der Waals surface area contributed by atoms with Crippen LogP contribution >= 0.6 is 0 Å². The van der Waals surface area contributed by atoms with Crippen molar-refractivity contribution in [2.75, 3.05) is 6.67 Å². The Morgan fingerprint density at radius 1 is 1.62 bits per heavy atom. The predicted molar refractivity (Wildman–Crippen MR) is 20.6 cm³/mol. The quantitative estimate of drug-likeness (QED) is 0.505. The second-order valence-corrected chi connectivity index (χ2v) is 2.55. The van der Waals surface area contributed by atoms with Gasteiger partial charge in [0, 0.05) is 0 Å². The van der Waals surface area contributed by atoms with E-state index < -0.39 is 22.3 Å². The molecular weight excluding hydrogens is 142 g/mol. The van der Waals surface area contributed by atoms with Gasteiger partial charge in [0.05, 0.1) is 0 Å². The van der Waals surface area contributed by atoms with E-state index in [1.165, 1.54) is 0 Å². The zero-order chi connectivity index (χ0) is 6.78. The molecule has 1 atom stereocenters. The number of alkyl halides is 2. The summed E-state index contributed by atoms with van der Waals surface area (Å²) in [5.41, 5.74) is -2.90. The predicted octanol–water partition coefficient (Wildman–Crippen LogP) is -0.203. The van der Waals surface area contributed by atoms with Gasteiger partial charge in [0.2, 0.25) is 5.50 Å². The fraction of sp³-hybridized carbons (Fsp3) is 1.00. The van der Waals surface area contributed by atoms with Gasteiger partial charge in [-0.1, -0.05) is 0 Å². The lowest BCUT2D eigenvalue weighted by Gasteiger charge is -2.06. The highest BCUT2D eigenvalue weighted by Crippen LogP contribution is 1.98. The molecule has 0 aliphatic heterocycles. The smallest absolute Gasteiger partial charge is 0.217 e. The first-order valence-electron chi connectivity index (χ1n) is 1.63. The molecule has 0 saturated carbocycles. The summed E-state index contributed by atoms with van der Waals surface area (Å²) in [6.07, 6.45) is 0. The van der Waals surface area contributed by atoms with Crippen LogP contribution in [0, 0.1) is 0 Å². The fourth-order valence-corrected chi connectivity index (χ4v) is 0.231. The summed E-state index contributed by atoms with van der Waals surface area (Å²) in [6, 6.07) is 0. The van der Waals surface area contributed by atoms with E-state index in [1.54, 1.807) is 0 Å². The summed E-state index contributed by atoms with van der Waals surface area (Å²) in [7, 11) is -5.04. The van der Waals surface area contributed by atoms with Crippen LogP contribution in [0.1, 0.15) is 0 Å². The maximum Gasteiger partial charge on any atom is 0.217 e. The van der Waals surface area contributed by atoms with Gasteiger partial charge in [0.25, 0.3) is 0 Å². The maximum atomic E-state index is 11.4. The zero-order valence-electron chi connectivity index (χ0n) is 3.67. The Bertz CT molecular complexity index is 151. The third-order valence-electron chi connectivity index (χ3n) is 0.435. The molecule has 6 heteroatoms. The van der Waals surface area contributed by atoms with Crippen LogP contribution in [0.15, 0.2) is 0 Å². The molecule has 3 nitrogen and oxygen atoms in total. The summed E-state index contributed by atoms with van der Waals surface area (Å²) >= 11 is 0. The molecule has 0 aliphatic rings. The van der Waals surface area contributed by atoms with Crippen LogP contribution in [0.5, 0.6) is 0 Å². The van der Waals surface area contributed by atoms with Crippen LogP contribution in [-0.4, -0.2) is 25.1 Å². The molecule has 50 valence electrons. The molecule has 0 N–H and O–H groups in total. The SMILES string of the molecule is O=S(=O)([O-])C(F)CF. The molecule has 0 amide bonds. The normalized spacial score (nSPS) is 15.9. The van der Waals surface area contributed by atoms with Crippen LogP contribution in [0.2, 0.25) is 0 Å². The average molecular weight is 145 g/mol. The molecule has 0 aromatic carbocycles. The van der Waals surface area contributed by atoms with Crippen LogP contribution < -0.4 is 0 Å². The van der Waals surface area contributed by atoms with Gasteiger partial charge < -0.3 is 4.55 Å². The van der Waals surface area contributed by atoms with Gasteiger partial charge in [0.15, 0.2) is 0 Å². The van der Waals surface area contributed by atoms with Crippen molar-refractivity contribution in [1.82, 2.24) is 0 Å². The molecule has 0 fully saturated rings. The van der Waals surface area contributed by atoms with Crippen molar-refractivity contribution in [3.05, 3.63) is 0 Å². The minimum atomic E-state index is -5.04. The topological polar surface area (TPSA) is 57.2 Å². The molecule has 0 rings (SSSR count). The van der Waals surface area contributed by atoms with Crippen LogP contribution in [0.3, 0.4) is 0 Å². The highest BCUT2D eigenvalue weighted by atomic mass is 32.2. The third kappa shape index (κ3) is 2.17. The van der Waals surface area contributed by atoms with Gasteiger partial charge in [-0.15, -0.1) is 0 Å². The highest BCUT2D eigenvalue weighted by molar-refractivity contribution is 7.86. The first-order chi connectivity index (χ1) is 3.48. The van der Waals surface area contributed by atoms with E-state index in [9.17, 15) is 21.8 Å². The van der Waals surface area contributed by atoms with Crippen LogP contribution in [0.4, 0.5) is 8.78 Å². The molecule has 0 saturated heterocycles. The van der Waals surface area contributed by atoms with Gasteiger partial charge in [-0.05, 0) is 0 Å². The van der Waals surface area contributed by atoms with Gasteiger partial charge >= 0.3 is 0 Å². The number of rotatable bonds is 2. The van der Waals surface area contributed by atoms with E-state index in [0.717, 1.165) is 0 Å². The first kappa shape index (κ1) is 7.77. The van der Waals surface area contributed by atoms with E-state index in [4.69, 9.17) is 0 Å². The summed E-state index contributed by atoms with van der Waals surface area (Å²) in [5, 5.41) is 0. The zero-order valence-corrected chi connectivity index (χ0v) is 4.49. The van der Waals surface area contributed by atoms with Gasteiger partial charge in [-0.25, -0.2) is 17.2 Å². The van der Waals surface area contributed by atoms with Crippen molar-refractivity contribution in [3.63, 3.8) is 0 Å². The highest BCUT2D eigenvalue weighted by Gasteiger charge is 2.12. The van der Waals surface area contributed by atoms with E-state index >= 15 is 0 Å². The lowest BCUT2D eigenvalue weighted by molar-refractivity contribution is 0.305. The largest absolute Gasteiger partial charge is 0.746 e. The summed E-state index contributed by atoms with van der Waals surface area (Å²) < 4.78 is 50.5. The second-order valence-electron chi connectivity index (χ2n) is 1.06. The second kappa shape index (κ2) is 2.36. The molecule has 8 heavy (non-hydrogen) atoms. The Labute approximate surface area is 45.1 Å². The Balaban J connectivity index is 4.04. The van der Waals surface area contributed by atoms with E-state index in [-0.39, 0.29) is 0 Å². The fourth-order valence-electron chi connectivity index (χ4n) is 0.0772. The van der Waals surface area contributed by atoms with Gasteiger partial charge in [0.1, 0.15) is 16.8 Å². The Hall–Kier alpha value is -0.230. The molecule has 1 unspecified atom stereocenters. The minimum Gasteiger partial charge on any atom is -0.746 e. The van der Waals surface area contributed by atoms with E-state index in [0.29, 0.717) is 0 Å². The van der Waals surface area contributed by atoms with Crippen molar-refractivity contribution >= 4 is 10.1 Å². The standard InChI is InChI=1S/C2H4F2O3S/c3-1-2(4)8(5,6)7/h2H,1H2,(H,5,6,7)/p-1. The van der Waals surface area contributed by atoms with E-state index in [1.807, 2.05) is 0 Å². The van der Waals surface area contributed by atoms with Crippen molar-refractivity contribution in [1.29, 1.82) is 0 Å². The minimum absolute atomic E-state index is 1.77. The molecular formula is C2H3F2O3S-. The first-order valence-corrected chi connectivity index (χ1v) is 3.10. The van der Waals surface area contributed by atoms with Crippen LogP contribution in [-0.2, 0) is 10.1 Å². The number of hydrogen-bond donors (Lipinski definition) is 0. The average Bonchev–Trinajstić information content (AvgIpc) is 1.62. The number of hydrogen-bond acceptors (Lipinski definition) is 3. The molecule has 0 heterocycles. The lowest BCUT2D eigenvalue weighted by atomic mass is 10.9. The molecule has 0 radical (unpaired) electrons. The maximum absolute atomic E-state index is 11.4. The number of halogens is 2. The molecule has 0 aliphatic carbocycles. The van der Waals surface area contributed by atoms with Crippen LogP contribution in [0.25, 0.3) is 0 Å². The molecule has 0 spiro atoms. The third-order valence-corrected chi connectivity index (χ3v) is 1.19. The molecule has 0 aromatic heterocycles. The van der Waals surface area contributed by atoms with Crippen molar-refractivity contribution in [2.45, 2.75) is 5.50 Å². The van der Waals surface area contributed by atoms with Crippen molar-refractivity contribution in [3.8, 4) is 0 Å². The van der Waals surface area contributed by atoms with Crippen molar-refractivity contribution in [2.24, 2.45) is 0 Å². The molecule has 0 aromatic rings. The summed E-state index contributed by atoms with van der Waals surface area (Å²) in [4.78, 5) is 0. The van der Waals surface area contributed by atoms with Crippen molar-refractivity contribution < 1.29 is 21.8 Å². The Morgan fingerprint density at radius 2 is 2.00 bits per heavy atom. The Kier molecular flexibility index (Phi) is 2.29. The van der Waals surface area contributed by atoms with Gasteiger partial charge in [-0.2, -0.15) is 0 Å². The monoisotopic (exact) mass is 145 g/mol. The summed E-state index contributed by atoms with van der Waals surface area (Å²) in [5.74, 6) is 0.